The predicted octanol–water partition coefficient (Wildman–Crippen LogP) is 4.10. The minimum Gasteiger partial charge on any atom is -0.372 e. The minimum absolute atomic E-state index is 0.732. The van der Waals surface area contributed by atoms with Gasteiger partial charge in [-0.25, -0.2) is 9.97 Å². The maximum absolute atomic E-state index is 4.21. The molecule has 0 bridgehead atoms. The molecule has 1 heterocycles. The van der Waals surface area contributed by atoms with Crippen LogP contribution in [0.5, 0.6) is 0 Å². The number of anilines is 3. The molecule has 0 aliphatic heterocycles. The largest absolute Gasteiger partial charge is 0.372 e. The third-order valence-electron chi connectivity index (χ3n) is 2.45. The zero-order valence-corrected chi connectivity index (χ0v) is 13.1. The molecule has 0 unspecified atom stereocenters. The van der Waals surface area contributed by atoms with Crippen molar-refractivity contribution >= 4 is 49.2 Å². The van der Waals surface area contributed by atoms with Crippen molar-refractivity contribution in [2.24, 2.45) is 0 Å². The highest BCUT2D eigenvalue weighted by Crippen LogP contribution is 2.29. The minimum atomic E-state index is 0.732. The van der Waals surface area contributed by atoms with E-state index in [-0.39, 0.29) is 0 Å². The van der Waals surface area contributed by atoms with Crippen molar-refractivity contribution < 1.29 is 0 Å². The number of rotatable bonds is 3. The second-order valence-corrected chi connectivity index (χ2v) is 5.37. The SMILES string of the molecule is CNc1ncnc(Nc2ccc(Br)c(C)c2)c1Br. The van der Waals surface area contributed by atoms with Gasteiger partial charge in [-0.05, 0) is 46.6 Å². The molecular weight excluding hydrogens is 360 g/mol. The predicted molar refractivity (Wildman–Crippen MR) is 81.4 cm³/mol. The lowest BCUT2D eigenvalue weighted by Gasteiger charge is -2.10. The summed E-state index contributed by atoms with van der Waals surface area (Å²) in [6.07, 6.45) is 1.52. The summed E-state index contributed by atoms with van der Waals surface area (Å²) in [5.74, 6) is 1.48. The van der Waals surface area contributed by atoms with Crippen molar-refractivity contribution in [3.05, 3.63) is 39.0 Å². The van der Waals surface area contributed by atoms with Gasteiger partial charge in [-0.1, -0.05) is 15.9 Å². The summed E-state index contributed by atoms with van der Waals surface area (Å²) < 4.78 is 1.90. The van der Waals surface area contributed by atoms with Crippen LogP contribution in [0.25, 0.3) is 0 Å². The van der Waals surface area contributed by atoms with Gasteiger partial charge in [0.15, 0.2) is 0 Å². The zero-order valence-electron chi connectivity index (χ0n) is 9.96. The molecule has 4 nitrogen and oxygen atoms in total. The lowest BCUT2D eigenvalue weighted by molar-refractivity contribution is 1.14. The lowest BCUT2D eigenvalue weighted by atomic mass is 10.2. The summed E-state index contributed by atoms with van der Waals surface area (Å²) in [5.41, 5.74) is 2.15. The van der Waals surface area contributed by atoms with Crippen LogP contribution >= 0.6 is 31.9 Å². The monoisotopic (exact) mass is 370 g/mol. The molecule has 0 amide bonds. The van der Waals surface area contributed by atoms with Crippen molar-refractivity contribution in [3.8, 4) is 0 Å². The molecule has 6 heteroatoms. The molecule has 94 valence electrons. The fourth-order valence-electron chi connectivity index (χ4n) is 1.49. The van der Waals surface area contributed by atoms with Crippen LogP contribution in [0.2, 0.25) is 0 Å². The molecule has 0 spiro atoms. The Morgan fingerprint density at radius 3 is 2.50 bits per heavy atom. The first kappa shape index (κ1) is 13.3. The van der Waals surface area contributed by atoms with Gasteiger partial charge in [0.05, 0.1) is 0 Å². The van der Waals surface area contributed by atoms with Gasteiger partial charge in [-0.3, -0.25) is 0 Å². The highest BCUT2D eigenvalue weighted by molar-refractivity contribution is 9.11. The molecule has 0 radical (unpaired) electrons. The van der Waals surface area contributed by atoms with E-state index < -0.39 is 0 Å². The van der Waals surface area contributed by atoms with E-state index >= 15 is 0 Å². The van der Waals surface area contributed by atoms with Gasteiger partial charge >= 0.3 is 0 Å². The van der Waals surface area contributed by atoms with E-state index in [1.807, 2.05) is 26.1 Å². The third-order valence-corrected chi connectivity index (χ3v) is 4.09. The van der Waals surface area contributed by atoms with Crippen LogP contribution in [0, 0.1) is 6.92 Å². The van der Waals surface area contributed by atoms with Gasteiger partial charge in [0.1, 0.15) is 22.4 Å². The van der Waals surface area contributed by atoms with Crippen LogP contribution in [0.4, 0.5) is 17.3 Å². The number of hydrogen-bond acceptors (Lipinski definition) is 4. The first-order chi connectivity index (χ1) is 8.61. The highest BCUT2D eigenvalue weighted by Gasteiger charge is 2.07. The van der Waals surface area contributed by atoms with Crippen molar-refractivity contribution in [2.45, 2.75) is 6.92 Å². The number of halogens is 2. The van der Waals surface area contributed by atoms with E-state index in [0.717, 1.165) is 26.3 Å². The zero-order chi connectivity index (χ0) is 13.1. The quantitative estimate of drug-likeness (QED) is 0.852. The Morgan fingerprint density at radius 1 is 1.11 bits per heavy atom. The first-order valence-electron chi connectivity index (χ1n) is 5.33. The summed E-state index contributed by atoms with van der Waals surface area (Å²) in [4.78, 5) is 8.33. The van der Waals surface area contributed by atoms with Gasteiger partial charge in [0.25, 0.3) is 0 Å². The van der Waals surface area contributed by atoms with E-state index in [1.165, 1.54) is 11.9 Å². The fourth-order valence-corrected chi connectivity index (χ4v) is 2.24. The molecule has 0 saturated carbocycles. The molecule has 0 saturated heterocycles. The molecule has 0 aliphatic rings. The van der Waals surface area contributed by atoms with Crippen LogP contribution in [-0.4, -0.2) is 17.0 Å². The summed E-state index contributed by atoms with van der Waals surface area (Å²) in [7, 11) is 1.82. The van der Waals surface area contributed by atoms with Crippen LogP contribution < -0.4 is 10.6 Å². The van der Waals surface area contributed by atoms with E-state index in [1.54, 1.807) is 0 Å². The van der Waals surface area contributed by atoms with Gasteiger partial charge < -0.3 is 10.6 Å². The van der Waals surface area contributed by atoms with Crippen LogP contribution in [0.15, 0.2) is 33.5 Å². The number of aryl methyl sites for hydroxylation is 1. The second-order valence-electron chi connectivity index (χ2n) is 3.72. The van der Waals surface area contributed by atoms with Crippen LogP contribution in [0.1, 0.15) is 5.56 Å². The van der Waals surface area contributed by atoms with Gasteiger partial charge in [-0.2, -0.15) is 0 Å². The van der Waals surface area contributed by atoms with E-state index in [2.05, 4.69) is 58.5 Å². The maximum atomic E-state index is 4.21. The molecular formula is C12H12Br2N4. The average Bonchev–Trinajstić information content (AvgIpc) is 2.36. The van der Waals surface area contributed by atoms with E-state index in [9.17, 15) is 0 Å². The topological polar surface area (TPSA) is 49.8 Å². The molecule has 1 aromatic heterocycles. The number of hydrogen-bond donors (Lipinski definition) is 2. The molecule has 18 heavy (non-hydrogen) atoms. The Hall–Kier alpha value is -1.14. The summed E-state index contributed by atoms with van der Waals surface area (Å²) in [6, 6.07) is 6.05. The molecule has 2 aromatic rings. The smallest absolute Gasteiger partial charge is 0.150 e. The molecule has 1 aromatic carbocycles. The third kappa shape index (κ3) is 2.81. The van der Waals surface area contributed by atoms with Crippen molar-refractivity contribution in [2.75, 3.05) is 17.7 Å². The Balaban J connectivity index is 2.31. The summed E-state index contributed by atoms with van der Waals surface area (Å²) in [5, 5.41) is 6.25. The highest BCUT2D eigenvalue weighted by atomic mass is 79.9. The van der Waals surface area contributed by atoms with Crippen LogP contribution in [-0.2, 0) is 0 Å². The maximum Gasteiger partial charge on any atom is 0.150 e. The second kappa shape index (κ2) is 5.67. The number of nitrogens with zero attached hydrogens (tertiary/aromatic N) is 2. The Morgan fingerprint density at radius 2 is 1.83 bits per heavy atom. The Kier molecular flexibility index (Phi) is 4.19. The first-order valence-corrected chi connectivity index (χ1v) is 6.92. The van der Waals surface area contributed by atoms with E-state index in [0.29, 0.717) is 0 Å². The van der Waals surface area contributed by atoms with Gasteiger partial charge in [-0.15, -0.1) is 0 Å². The summed E-state index contributed by atoms with van der Waals surface area (Å²) >= 11 is 6.95. The summed E-state index contributed by atoms with van der Waals surface area (Å²) in [6.45, 7) is 2.04. The van der Waals surface area contributed by atoms with Gasteiger partial charge in [0.2, 0.25) is 0 Å². The Labute approximate surface area is 122 Å². The van der Waals surface area contributed by atoms with E-state index in [4.69, 9.17) is 0 Å². The fraction of sp³-hybridized carbons (Fsp3) is 0.167. The van der Waals surface area contributed by atoms with Gasteiger partial charge in [0, 0.05) is 17.2 Å². The number of aromatic nitrogens is 2. The van der Waals surface area contributed by atoms with Crippen molar-refractivity contribution in [1.82, 2.24) is 9.97 Å². The number of benzene rings is 1. The average molecular weight is 372 g/mol. The molecule has 0 atom stereocenters. The molecule has 0 aliphatic carbocycles. The lowest BCUT2D eigenvalue weighted by Crippen LogP contribution is -2.00. The molecule has 2 rings (SSSR count). The van der Waals surface area contributed by atoms with Crippen LogP contribution in [0.3, 0.4) is 0 Å². The molecule has 2 N–H and O–H groups in total. The van der Waals surface area contributed by atoms with Crippen molar-refractivity contribution in [1.29, 1.82) is 0 Å². The number of nitrogens with one attached hydrogen (secondary N) is 2. The van der Waals surface area contributed by atoms with Crippen molar-refractivity contribution in [3.63, 3.8) is 0 Å². The Bertz CT molecular complexity index is 572. The normalized spacial score (nSPS) is 10.2. The standard InChI is InChI=1S/C12H12Br2N4/c1-7-5-8(3-4-9(7)13)18-12-10(14)11(15-2)16-6-17-12/h3-6H,1-2H3,(H2,15,16,17,18). The molecule has 0 fully saturated rings.